The first-order chi connectivity index (χ1) is 18.8. The van der Waals surface area contributed by atoms with Gasteiger partial charge in [-0.2, -0.15) is 0 Å². The van der Waals surface area contributed by atoms with E-state index in [0.717, 1.165) is 16.7 Å². The number of phenols is 1. The van der Waals surface area contributed by atoms with Crippen LogP contribution in [0.2, 0.25) is 0 Å². The molecule has 0 aromatic heterocycles. The van der Waals surface area contributed by atoms with E-state index in [-0.39, 0.29) is 37.0 Å². The number of fused-ring (bicyclic) bond motifs is 1. The summed E-state index contributed by atoms with van der Waals surface area (Å²) in [7, 11) is 1.52. The zero-order valence-electron chi connectivity index (χ0n) is 21.5. The lowest BCUT2D eigenvalue weighted by atomic mass is 10.00. The summed E-state index contributed by atoms with van der Waals surface area (Å²) >= 11 is 0. The fraction of sp³-hybridized carbons (Fsp3) is 0.276. The standard InChI is InChI=1S/C29H30FN5O4/c1-32-29(39)34-25(17-21-9-13-24(36)14-10-21)27(37)33(16-15-20-7-11-23(30)12-8-20)19-26(34)35(32)28(38)31-18-22-5-3-2-4-6-22/h2-14,25-26,36H,15-19H2,1H3,(H,31,38)/t25-,26-/m0/s1. The molecule has 9 nitrogen and oxygen atoms in total. The Labute approximate surface area is 226 Å². The molecule has 2 aliphatic heterocycles. The number of hydrogen-bond acceptors (Lipinski definition) is 4. The van der Waals surface area contributed by atoms with E-state index in [1.165, 1.54) is 46.2 Å². The molecule has 3 aromatic carbocycles. The maximum absolute atomic E-state index is 13.7. The second-order valence-electron chi connectivity index (χ2n) is 9.73. The van der Waals surface area contributed by atoms with Crippen LogP contribution in [0.5, 0.6) is 5.75 Å². The Bertz CT molecular complexity index is 1340. The normalized spacial score (nSPS) is 18.9. The monoisotopic (exact) mass is 531 g/mol. The van der Waals surface area contributed by atoms with Crippen LogP contribution >= 0.6 is 0 Å². The Morgan fingerprint density at radius 3 is 2.31 bits per heavy atom. The number of urea groups is 2. The van der Waals surface area contributed by atoms with Gasteiger partial charge < -0.3 is 15.3 Å². The number of carbonyl (C=O) groups excluding carboxylic acids is 3. The van der Waals surface area contributed by atoms with Gasteiger partial charge in [-0.1, -0.05) is 54.6 Å². The van der Waals surface area contributed by atoms with Gasteiger partial charge in [0.15, 0.2) is 0 Å². The van der Waals surface area contributed by atoms with Gasteiger partial charge in [-0.05, 0) is 47.4 Å². The molecule has 2 saturated heterocycles. The number of aromatic hydroxyl groups is 1. The molecule has 2 fully saturated rings. The topological polar surface area (TPSA) is 96.4 Å². The minimum Gasteiger partial charge on any atom is -0.508 e. The van der Waals surface area contributed by atoms with Crippen molar-refractivity contribution >= 4 is 18.0 Å². The second kappa shape index (κ2) is 11.0. The molecular formula is C29H30FN5O4. The SMILES string of the molecule is CN1C(=O)N2[C@@H](Cc3ccc(O)cc3)C(=O)N(CCc3ccc(F)cc3)C[C@@H]2N1C(=O)NCc1ccccc1. The number of amides is 5. The third-order valence-electron chi connectivity index (χ3n) is 7.18. The van der Waals surface area contributed by atoms with Gasteiger partial charge in [0, 0.05) is 26.6 Å². The third kappa shape index (κ3) is 5.50. The first kappa shape index (κ1) is 26.0. The highest BCUT2D eigenvalue weighted by atomic mass is 19.1. The highest BCUT2D eigenvalue weighted by molar-refractivity contribution is 5.92. The van der Waals surface area contributed by atoms with E-state index in [1.54, 1.807) is 29.2 Å². The van der Waals surface area contributed by atoms with Gasteiger partial charge in [0.2, 0.25) is 5.91 Å². The van der Waals surface area contributed by atoms with Crippen molar-refractivity contribution in [2.24, 2.45) is 0 Å². The van der Waals surface area contributed by atoms with Crippen molar-refractivity contribution in [2.75, 3.05) is 20.1 Å². The van der Waals surface area contributed by atoms with Gasteiger partial charge in [-0.15, -0.1) is 0 Å². The zero-order valence-corrected chi connectivity index (χ0v) is 21.5. The molecular weight excluding hydrogens is 501 g/mol. The number of piperazine rings is 1. The van der Waals surface area contributed by atoms with E-state index >= 15 is 0 Å². The molecule has 0 spiro atoms. The quantitative estimate of drug-likeness (QED) is 0.489. The lowest BCUT2D eigenvalue weighted by molar-refractivity contribution is -0.144. The fourth-order valence-corrected chi connectivity index (χ4v) is 5.11. The summed E-state index contributed by atoms with van der Waals surface area (Å²) in [5, 5.41) is 15.2. The number of carbonyl (C=O) groups is 3. The number of hydrazine groups is 1. The molecule has 0 saturated carbocycles. The van der Waals surface area contributed by atoms with Gasteiger partial charge in [0.25, 0.3) is 0 Å². The van der Waals surface area contributed by atoms with Gasteiger partial charge in [0.1, 0.15) is 23.8 Å². The highest BCUT2D eigenvalue weighted by Gasteiger charge is 2.54. The fourth-order valence-electron chi connectivity index (χ4n) is 5.11. The molecule has 2 aliphatic rings. The first-order valence-electron chi connectivity index (χ1n) is 12.8. The van der Waals surface area contributed by atoms with Crippen molar-refractivity contribution in [3.05, 3.63) is 101 Å². The Balaban J connectivity index is 1.40. The second-order valence-corrected chi connectivity index (χ2v) is 9.73. The van der Waals surface area contributed by atoms with Gasteiger partial charge >= 0.3 is 12.1 Å². The number of hydrogen-bond donors (Lipinski definition) is 2. The minimum absolute atomic E-state index is 0.103. The van der Waals surface area contributed by atoms with Crippen LogP contribution in [-0.2, 0) is 24.2 Å². The van der Waals surface area contributed by atoms with Crippen LogP contribution in [-0.4, -0.2) is 75.2 Å². The number of rotatable bonds is 7. The molecule has 3 aromatic rings. The largest absolute Gasteiger partial charge is 0.508 e. The summed E-state index contributed by atoms with van der Waals surface area (Å²) in [6.45, 7) is 0.772. The average molecular weight is 532 g/mol. The van der Waals surface area contributed by atoms with Crippen LogP contribution in [0.25, 0.3) is 0 Å². The molecule has 2 N–H and O–H groups in total. The third-order valence-corrected chi connectivity index (χ3v) is 7.18. The lowest BCUT2D eigenvalue weighted by Crippen LogP contribution is -2.65. The van der Waals surface area contributed by atoms with Crippen LogP contribution in [0.3, 0.4) is 0 Å². The molecule has 0 radical (unpaired) electrons. The molecule has 5 rings (SSSR count). The van der Waals surface area contributed by atoms with Crippen LogP contribution in [0, 0.1) is 5.82 Å². The van der Waals surface area contributed by atoms with Crippen molar-refractivity contribution in [3.63, 3.8) is 0 Å². The van der Waals surface area contributed by atoms with E-state index in [4.69, 9.17) is 0 Å². The van der Waals surface area contributed by atoms with Crippen LogP contribution in [0.4, 0.5) is 14.0 Å². The van der Waals surface area contributed by atoms with Crippen molar-refractivity contribution < 1.29 is 23.9 Å². The van der Waals surface area contributed by atoms with E-state index < -0.39 is 24.3 Å². The van der Waals surface area contributed by atoms with E-state index in [9.17, 15) is 23.9 Å². The molecule has 0 unspecified atom stereocenters. The average Bonchev–Trinajstić information content (AvgIpc) is 3.19. The van der Waals surface area contributed by atoms with Gasteiger partial charge in [-0.25, -0.2) is 24.0 Å². The summed E-state index contributed by atoms with van der Waals surface area (Å²) < 4.78 is 13.4. The maximum Gasteiger partial charge on any atom is 0.341 e. The van der Waals surface area contributed by atoms with Crippen molar-refractivity contribution in [1.82, 2.24) is 25.1 Å². The molecule has 2 heterocycles. The smallest absolute Gasteiger partial charge is 0.341 e. The summed E-state index contributed by atoms with van der Waals surface area (Å²) in [4.78, 5) is 43.7. The summed E-state index contributed by atoms with van der Waals surface area (Å²) in [5.41, 5.74) is 2.56. The summed E-state index contributed by atoms with van der Waals surface area (Å²) in [6, 6.07) is 20.3. The van der Waals surface area contributed by atoms with E-state index in [1.807, 2.05) is 30.3 Å². The molecule has 5 amide bonds. The molecule has 10 heteroatoms. The summed E-state index contributed by atoms with van der Waals surface area (Å²) in [5.74, 6) is -0.456. The Hall–Kier alpha value is -4.60. The van der Waals surface area contributed by atoms with E-state index in [2.05, 4.69) is 5.32 Å². The zero-order chi connectivity index (χ0) is 27.5. The number of nitrogens with one attached hydrogen (secondary N) is 1. The van der Waals surface area contributed by atoms with Crippen molar-refractivity contribution in [3.8, 4) is 5.75 Å². The first-order valence-corrected chi connectivity index (χ1v) is 12.8. The lowest BCUT2D eigenvalue weighted by Gasteiger charge is -2.43. The van der Waals surface area contributed by atoms with Gasteiger partial charge in [0.05, 0.1) is 6.54 Å². The van der Waals surface area contributed by atoms with Crippen LogP contribution in [0.15, 0.2) is 78.9 Å². The Kier molecular flexibility index (Phi) is 7.36. The number of halogens is 1. The molecule has 2 atom stereocenters. The molecule has 0 bridgehead atoms. The number of nitrogens with zero attached hydrogens (tertiary/aromatic N) is 4. The van der Waals surface area contributed by atoms with Crippen LogP contribution in [0.1, 0.15) is 16.7 Å². The molecule has 39 heavy (non-hydrogen) atoms. The number of phenolic OH excluding ortho intramolecular Hbond substituents is 1. The van der Waals surface area contributed by atoms with Crippen LogP contribution < -0.4 is 5.32 Å². The van der Waals surface area contributed by atoms with Crippen molar-refractivity contribution in [1.29, 1.82) is 0 Å². The van der Waals surface area contributed by atoms with Crippen molar-refractivity contribution in [2.45, 2.75) is 31.6 Å². The molecule has 202 valence electrons. The minimum atomic E-state index is -0.844. The molecule has 0 aliphatic carbocycles. The maximum atomic E-state index is 13.7. The highest BCUT2D eigenvalue weighted by Crippen LogP contribution is 2.31. The predicted octanol–water partition coefficient (Wildman–Crippen LogP) is 3.35. The number of benzene rings is 3. The predicted molar refractivity (Wildman–Crippen MR) is 142 cm³/mol. The van der Waals surface area contributed by atoms with E-state index in [0.29, 0.717) is 13.0 Å². The Morgan fingerprint density at radius 1 is 0.949 bits per heavy atom. The Morgan fingerprint density at radius 2 is 1.62 bits per heavy atom. The summed E-state index contributed by atoms with van der Waals surface area (Å²) in [6.07, 6.45) is 0.0161. The van der Waals surface area contributed by atoms with Gasteiger partial charge in [-0.3, -0.25) is 9.69 Å².